The standard InChI is InChI=1S/C23H23ClFNO2/c1-27-22-9-4-17(5-10-22)12-13-26-15-19-14-20(24)6-11-23(19)28-16-18-2-7-21(25)8-3-18/h2-11,14,26H,12-13,15-16H2,1H3. The second-order valence-corrected chi connectivity index (χ2v) is 6.88. The molecule has 0 unspecified atom stereocenters. The Kier molecular flexibility index (Phi) is 7.29. The van der Waals surface area contributed by atoms with Gasteiger partial charge in [0.05, 0.1) is 7.11 Å². The molecule has 3 nitrogen and oxygen atoms in total. The van der Waals surface area contributed by atoms with Crippen molar-refractivity contribution in [2.75, 3.05) is 13.7 Å². The van der Waals surface area contributed by atoms with Crippen molar-refractivity contribution in [1.82, 2.24) is 5.32 Å². The molecule has 3 aromatic carbocycles. The minimum atomic E-state index is -0.253. The molecule has 3 aromatic rings. The summed E-state index contributed by atoms with van der Waals surface area (Å²) in [5, 5.41) is 4.10. The third-order valence-electron chi connectivity index (χ3n) is 4.40. The molecule has 0 atom stereocenters. The minimum Gasteiger partial charge on any atom is -0.497 e. The summed E-state index contributed by atoms with van der Waals surface area (Å²) in [7, 11) is 1.66. The molecule has 0 aromatic heterocycles. The summed E-state index contributed by atoms with van der Waals surface area (Å²) in [6, 6.07) is 20.0. The second kappa shape index (κ2) is 10.1. The van der Waals surface area contributed by atoms with E-state index in [1.54, 1.807) is 19.2 Å². The zero-order valence-corrected chi connectivity index (χ0v) is 16.5. The summed E-state index contributed by atoms with van der Waals surface area (Å²) in [6.07, 6.45) is 0.913. The van der Waals surface area contributed by atoms with Crippen molar-refractivity contribution < 1.29 is 13.9 Å². The Morgan fingerprint density at radius 1 is 0.929 bits per heavy atom. The van der Waals surface area contributed by atoms with Crippen LogP contribution >= 0.6 is 11.6 Å². The molecule has 146 valence electrons. The van der Waals surface area contributed by atoms with Crippen LogP contribution < -0.4 is 14.8 Å². The van der Waals surface area contributed by atoms with Crippen LogP contribution in [0.2, 0.25) is 5.02 Å². The summed E-state index contributed by atoms with van der Waals surface area (Å²) < 4.78 is 24.1. The predicted octanol–water partition coefficient (Wildman–Crippen LogP) is 5.40. The molecule has 0 bridgehead atoms. The highest BCUT2D eigenvalue weighted by Gasteiger charge is 2.06. The van der Waals surface area contributed by atoms with Crippen molar-refractivity contribution >= 4 is 11.6 Å². The SMILES string of the molecule is COc1ccc(CCNCc2cc(Cl)ccc2OCc2ccc(F)cc2)cc1. The van der Waals surface area contributed by atoms with Crippen LogP contribution in [0, 0.1) is 5.82 Å². The number of halogens is 2. The molecule has 0 radical (unpaired) electrons. The van der Waals surface area contributed by atoms with Gasteiger partial charge in [-0.05, 0) is 66.6 Å². The van der Waals surface area contributed by atoms with E-state index in [-0.39, 0.29) is 5.82 Å². The Morgan fingerprint density at radius 3 is 2.36 bits per heavy atom. The number of methoxy groups -OCH3 is 1. The van der Waals surface area contributed by atoms with Gasteiger partial charge >= 0.3 is 0 Å². The number of ether oxygens (including phenoxy) is 2. The largest absolute Gasteiger partial charge is 0.497 e. The molecule has 0 saturated carbocycles. The van der Waals surface area contributed by atoms with E-state index in [4.69, 9.17) is 21.1 Å². The third kappa shape index (κ3) is 5.98. The Morgan fingerprint density at radius 2 is 1.64 bits per heavy atom. The van der Waals surface area contributed by atoms with Crippen LogP contribution in [0.3, 0.4) is 0 Å². The van der Waals surface area contributed by atoms with Crippen LogP contribution in [0.25, 0.3) is 0 Å². The monoisotopic (exact) mass is 399 g/mol. The number of rotatable bonds is 9. The van der Waals surface area contributed by atoms with Crippen LogP contribution in [0.5, 0.6) is 11.5 Å². The second-order valence-electron chi connectivity index (χ2n) is 6.44. The number of nitrogens with one attached hydrogen (secondary N) is 1. The molecular weight excluding hydrogens is 377 g/mol. The Bertz CT molecular complexity index is 882. The molecule has 28 heavy (non-hydrogen) atoms. The first-order valence-electron chi connectivity index (χ1n) is 9.13. The van der Waals surface area contributed by atoms with Gasteiger partial charge in [-0.25, -0.2) is 4.39 Å². The normalized spacial score (nSPS) is 10.7. The van der Waals surface area contributed by atoms with E-state index >= 15 is 0 Å². The summed E-state index contributed by atoms with van der Waals surface area (Å²) in [5.74, 6) is 1.38. The maximum absolute atomic E-state index is 13.0. The highest BCUT2D eigenvalue weighted by Crippen LogP contribution is 2.24. The van der Waals surface area contributed by atoms with Crippen molar-refractivity contribution in [3.8, 4) is 11.5 Å². The van der Waals surface area contributed by atoms with E-state index < -0.39 is 0 Å². The molecule has 0 spiro atoms. The lowest BCUT2D eigenvalue weighted by molar-refractivity contribution is 0.302. The van der Waals surface area contributed by atoms with E-state index in [0.29, 0.717) is 18.2 Å². The first kappa shape index (κ1) is 20.2. The fourth-order valence-corrected chi connectivity index (χ4v) is 3.01. The Labute approximate surface area is 170 Å². The van der Waals surface area contributed by atoms with Gasteiger partial charge in [-0.15, -0.1) is 0 Å². The van der Waals surface area contributed by atoms with Crippen molar-refractivity contribution in [3.05, 3.63) is 94.3 Å². The lowest BCUT2D eigenvalue weighted by Gasteiger charge is -2.13. The predicted molar refractivity (Wildman–Crippen MR) is 111 cm³/mol. The van der Waals surface area contributed by atoms with Crippen molar-refractivity contribution in [2.45, 2.75) is 19.6 Å². The number of hydrogen-bond acceptors (Lipinski definition) is 3. The Hall–Kier alpha value is -2.56. The highest BCUT2D eigenvalue weighted by molar-refractivity contribution is 6.30. The zero-order chi connectivity index (χ0) is 19.8. The fourth-order valence-electron chi connectivity index (χ4n) is 2.82. The quantitative estimate of drug-likeness (QED) is 0.489. The van der Waals surface area contributed by atoms with E-state index in [1.807, 2.05) is 30.3 Å². The Balaban J connectivity index is 1.53. The van der Waals surface area contributed by atoms with Gasteiger partial charge < -0.3 is 14.8 Å². The van der Waals surface area contributed by atoms with Crippen LogP contribution in [0.1, 0.15) is 16.7 Å². The molecular formula is C23H23ClFNO2. The van der Waals surface area contributed by atoms with Crippen molar-refractivity contribution in [3.63, 3.8) is 0 Å². The number of benzene rings is 3. The molecule has 0 saturated heterocycles. The summed E-state index contributed by atoms with van der Waals surface area (Å²) in [5.41, 5.74) is 3.14. The summed E-state index contributed by atoms with van der Waals surface area (Å²) >= 11 is 6.15. The molecule has 0 fully saturated rings. The minimum absolute atomic E-state index is 0.253. The van der Waals surface area contributed by atoms with Gasteiger partial charge in [-0.2, -0.15) is 0 Å². The van der Waals surface area contributed by atoms with Crippen molar-refractivity contribution in [1.29, 1.82) is 0 Å². The summed E-state index contributed by atoms with van der Waals surface area (Å²) in [6.45, 7) is 1.85. The molecule has 0 aliphatic rings. The van der Waals surface area contributed by atoms with Crippen LogP contribution in [0.15, 0.2) is 66.7 Å². The zero-order valence-electron chi connectivity index (χ0n) is 15.8. The van der Waals surface area contributed by atoms with Gasteiger partial charge in [-0.1, -0.05) is 35.9 Å². The molecule has 0 aliphatic heterocycles. The number of hydrogen-bond donors (Lipinski definition) is 1. The van der Waals surface area contributed by atoms with Gasteiger partial charge in [0.15, 0.2) is 0 Å². The fraction of sp³-hybridized carbons (Fsp3) is 0.217. The lowest BCUT2D eigenvalue weighted by Crippen LogP contribution is -2.17. The maximum Gasteiger partial charge on any atom is 0.124 e. The van der Waals surface area contributed by atoms with E-state index in [2.05, 4.69) is 17.4 Å². The molecule has 5 heteroatoms. The van der Waals surface area contributed by atoms with Gasteiger partial charge in [0.2, 0.25) is 0 Å². The van der Waals surface area contributed by atoms with Crippen LogP contribution in [-0.4, -0.2) is 13.7 Å². The van der Waals surface area contributed by atoms with E-state index in [1.165, 1.54) is 17.7 Å². The molecule has 0 heterocycles. The summed E-state index contributed by atoms with van der Waals surface area (Å²) in [4.78, 5) is 0. The highest BCUT2D eigenvalue weighted by atomic mass is 35.5. The van der Waals surface area contributed by atoms with E-state index in [9.17, 15) is 4.39 Å². The molecule has 0 aliphatic carbocycles. The lowest BCUT2D eigenvalue weighted by atomic mass is 10.1. The topological polar surface area (TPSA) is 30.5 Å². The van der Waals surface area contributed by atoms with Crippen LogP contribution in [0.4, 0.5) is 4.39 Å². The average Bonchev–Trinajstić information content (AvgIpc) is 2.72. The van der Waals surface area contributed by atoms with Gasteiger partial charge in [-0.3, -0.25) is 0 Å². The first-order chi connectivity index (χ1) is 13.6. The average molecular weight is 400 g/mol. The maximum atomic E-state index is 13.0. The first-order valence-corrected chi connectivity index (χ1v) is 9.51. The molecule has 0 amide bonds. The van der Waals surface area contributed by atoms with Gasteiger partial charge in [0.1, 0.15) is 23.9 Å². The molecule has 3 rings (SSSR count). The van der Waals surface area contributed by atoms with E-state index in [0.717, 1.165) is 35.6 Å². The van der Waals surface area contributed by atoms with Gasteiger partial charge in [0.25, 0.3) is 0 Å². The van der Waals surface area contributed by atoms with Gasteiger partial charge in [0, 0.05) is 17.1 Å². The third-order valence-corrected chi connectivity index (χ3v) is 4.63. The smallest absolute Gasteiger partial charge is 0.124 e. The van der Waals surface area contributed by atoms with Crippen LogP contribution in [-0.2, 0) is 19.6 Å². The molecule has 1 N–H and O–H groups in total. The van der Waals surface area contributed by atoms with Crippen molar-refractivity contribution in [2.24, 2.45) is 0 Å².